The van der Waals surface area contributed by atoms with E-state index in [0.29, 0.717) is 4.88 Å². The van der Waals surface area contributed by atoms with E-state index in [0.717, 1.165) is 11.3 Å². The Morgan fingerprint density at radius 2 is 1.69 bits per heavy atom. The zero-order chi connectivity index (χ0) is 43.5. The number of alkyl carbamates (subject to hydrolysis) is 1. The first-order valence-corrected chi connectivity index (χ1v) is 20.4. The van der Waals surface area contributed by atoms with E-state index in [1.165, 1.54) is 46.8 Å². The lowest BCUT2D eigenvalue weighted by Crippen LogP contribution is -2.81. The molecule has 5 N–H and O–H groups in total. The highest BCUT2D eigenvalue weighted by molar-refractivity contribution is 7.10. The maximum atomic E-state index is 15.3. The van der Waals surface area contributed by atoms with Crippen LogP contribution >= 0.6 is 11.3 Å². The van der Waals surface area contributed by atoms with Gasteiger partial charge in [0.2, 0.25) is 0 Å². The third-order valence-corrected chi connectivity index (χ3v) is 13.4. The van der Waals surface area contributed by atoms with E-state index < -0.39 is 113 Å². The second-order valence-electron chi connectivity index (χ2n) is 17.4. The molecule has 1 aromatic carbocycles. The number of fused-ring (bicyclic) bond motifs is 5. The van der Waals surface area contributed by atoms with Gasteiger partial charge in [0.05, 0.1) is 36.4 Å². The summed E-state index contributed by atoms with van der Waals surface area (Å²) >= 11 is 1.14. The third kappa shape index (κ3) is 7.65. The molecular formula is C42H53NO15S. The zero-order valence-corrected chi connectivity index (χ0v) is 35.1. The van der Waals surface area contributed by atoms with Gasteiger partial charge in [-0.1, -0.05) is 38.1 Å². The highest BCUT2D eigenvalue weighted by Gasteiger charge is 2.77. The Hall–Kier alpha value is -4.39. The van der Waals surface area contributed by atoms with Crippen LogP contribution in [0, 0.1) is 16.7 Å². The van der Waals surface area contributed by atoms with E-state index in [1.807, 2.05) is 0 Å². The topological polar surface area (TPSA) is 234 Å². The van der Waals surface area contributed by atoms with E-state index >= 15 is 4.79 Å². The zero-order valence-electron chi connectivity index (χ0n) is 34.3. The van der Waals surface area contributed by atoms with Gasteiger partial charge in [-0.2, -0.15) is 0 Å². The Morgan fingerprint density at radius 1 is 1.02 bits per heavy atom. The average Bonchev–Trinajstić information content (AvgIpc) is 3.70. The van der Waals surface area contributed by atoms with Gasteiger partial charge in [-0.05, 0) is 76.3 Å². The number of nitrogens with one attached hydrogen (secondary N) is 1. The summed E-state index contributed by atoms with van der Waals surface area (Å²) in [5.74, 6) is -4.69. The molecule has 3 aliphatic carbocycles. The quantitative estimate of drug-likeness (QED) is 0.137. The molecule has 4 aliphatic rings. The molecule has 1 aliphatic heterocycles. The van der Waals surface area contributed by atoms with Crippen molar-refractivity contribution < 1.29 is 72.8 Å². The predicted octanol–water partition coefficient (Wildman–Crippen LogP) is 3.93. The van der Waals surface area contributed by atoms with Crippen LogP contribution in [0.25, 0.3) is 0 Å². The van der Waals surface area contributed by atoms with E-state index in [4.69, 9.17) is 28.4 Å². The molecule has 2 heterocycles. The van der Waals surface area contributed by atoms with Crippen LogP contribution in [-0.4, -0.2) is 117 Å². The number of amides is 1. The minimum Gasteiger partial charge on any atom is -0.456 e. The number of hydrogen-bond acceptors (Lipinski definition) is 16. The minimum atomic E-state index is -2.39. The maximum absolute atomic E-state index is 15.3. The summed E-state index contributed by atoms with van der Waals surface area (Å²) < 4.78 is 34.3. The van der Waals surface area contributed by atoms with Crippen molar-refractivity contribution in [1.82, 2.24) is 5.32 Å². The smallest absolute Gasteiger partial charge is 0.456 e. The van der Waals surface area contributed by atoms with Gasteiger partial charge in [0, 0.05) is 29.1 Å². The molecule has 16 nitrogen and oxygen atoms in total. The molecule has 1 amide bonds. The Balaban J connectivity index is 1.51. The standard InChI is InChI=1S/C42H53NO15S/c1-9-53-37(50)56-30-27-21(2)23(55-35(48)29(45)28(24-16-13-17-59-24)43-36(49)58-38(3,4)5)19-42(52,39(27,6)7)33(57-34(47)22-14-11-10-12-15-22)31-40(8,32(30)46)25(44)18-26-41(31,51)20-54-26/h10-17,23,25-26,28-31,33,44-45,51-52H,9,18-20H2,1-8H3,(H,43,49)/t23-,25-,26+,28-,29+,30+,31?,33?,40+,41-,42+/m0/s1. The number of rotatable bonds is 9. The summed E-state index contributed by atoms with van der Waals surface area (Å²) in [7, 11) is 0. The Labute approximate surface area is 345 Å². The van der Waals surface area contributed by atoms with Crippen LogP contribution in [0.2, 0.25) is 0 Å². The minimum absolute atomic E-state index is 0.0510. The number of carbonyl (C=O) groups excluding carboxylic acids is 5. The molecule has 2 saturated carbocycles. The van der Waals surface area contributed by atoms with Crippen LogP contribution in [0.5, 0.6) is 0 Å². The normalized spacial score (nSPS) is 33.3. The van der Waals surface area contributed by atoms with Crippen LogP contribution in [0.4, 0.5) is 9.59 Å². The van der Waals surface area contributed by atoms with Gasteiger partial charge in [-0.25, -0.2) is 19.2 Å². The lowest BCUT2D eigenvalue weighted by Gasteiger charge is -2.66. The summed E-state index contributed by atoms with van der Waals surface area (Å²) in [4.78, 5) is 70.0. The van der Waals surface area contributed by atoms with Crippen LogP contribution in [0.1, 0.15) is 89.5 Å². The number of esters is 2. The third-order valence-electron chi connectivity index (χ3n) is 12.4. The molecule has 3 fully saturated rings. The molecule has 6 rings (SSSR count). The number of aliphatic hydroxyl groups excluding tert-OH is 2. The number of hydrogen-bond donors (Lipinski definition) is 5. The monoisotopic (exact) mass is 843 g/mol. The fourth-order valence-electron chi connectivity index (χ4n) is 9.26. The first kappa shape index (κ1) is 44.2. The highest BCUT2D eigenvalue weighted by Crippen LogP contribution is 2.63. The number of benzene rings is 1. The van der Waals surface area contributed by atoms with Gasteiger partial charge in [-0.15, -0.1) is 11.3 Å². The van der Waals surface area contributed by atoms with Crippen molar-refractivity contribution in [3.05, 3.63) is 69.4 Å². The number of carbonyl (C=O) groups is 5. The van der Waals surface area contributed by atoms with Crippen molar-refractivity contribution in [2.24, 2.45) is 16.7 Å². The molecule has 2 bridgehead atoms. The van der Waals surface area contributed by atoms with Crippen LogP contribution in [0.3, 0.4) is 0 Å². The number of ether oxygens (including phenoxy) is 6. The van der Waals surface area contributed by atoms with Gasteiger partial charge >= 0.3 is 24.2 Å². The Kier molecular flexibility index (Phi) is 11.9. The van der Waals surface area contributed by atoms with Gasteiger partial charge < -0.3 is 54.2 Å². The molecule has 17 heteroatoms. The number of thiophene rings is 1. The summed E-state index contributed by atoms with van der Waals surface area (Å²) in [6.45, 7) is 11.9. The lowest BCUT2D eigenvalue weighted by molar-refractivity contribution is -0.343. The van der Waals surface area contributed by atoms with E-state index in [-0.39, 0.29) is 36.3 Å². The largest absolute Gasteiger partial charge is 0.509 e. The molecule has 322 valence electrons. The highest BCUT2D eigenvalue weighted by atomic mass is 32.1. The number of Topliss-reactive ketones (excluding diaryl/α,β-unsaturated/α-hetero) is 1. The number of aliphatic hydroxyl groups is 4. The van der Waals surface area contributed by atoms with Crippen molar-refractivity contribution in [1.29, 1.82) is 0 Å². The van der Waals surface area contributed by atoms with Crippen molar-refractivity contribution in [2.75, 3.05) is 13.2 Å². The first-order chi connectivity index (χ1) is 27.5. The average molecular weight is 844 g/mol. The van der Waals surface area contributed by atoms with Crippen LogP contribution < -0.4 is 5.32 Å². The van der Waals surface area contributed by atoms with Gasteiger partial charge in [0.1, 0.15) is 35.1 Å². The van der Waals surface area contributed by atoms with Gasteiger partial charge in [0.15, 0.2) is 18.0 Å². The second kappa shape index (κ2) is 15.9. The Morgan fingerprint density at radius 3 is 2.27 bits per heavy atom. The van der Waals surface area contributed by atoms with Crippen molar-refractivity contribution in [2.45, 2.75) is 128 Å². The van der Waals surface area contributed by atoms with Crippen molar-refractivity contribution >= 4 is 41.3 Å². The molecule has 2 unspecified atom stereocenters. The Bertz CT molecular complexity index is 1980. The lowest BCUT2D eigenvalue weighted by atomic mass is 9.44. The molecule has 11 atom stereocenters. The maximum Gasteiger partial charge on any atom is 0.509 e. The molecular weight excluding hydrogens is 791 g/mol. The van der Waals surface area contributed by atoms with E-state index in [1.54, 1.807) is 56.5 Å². The van der Waals surface area contributed by atoms with Crippen LogP contribution in [-0.2, 0) is 38.0 Å². The molecule has 2 aromatic rings. The summed E-state index contributed by atoms with van der Waals surface area (Å²) in [6.07, 6.45) is -12.8. The molecule has 1 saturated heterocycles. The summed E-state index contributed by atoms with van der Waals surface area (Å²) in [5, 5.41) is 53.6. The second-order valence-corrected chi connectivity index (χ2v) is 18.4. The fourth-order valence-corrected chi connectivity index (χ4v) is 10.1. The van der Waals surface area contributed by atoms with Crippen molar-refractivity contribution in [3.63, 3.8) is 0 Å². The first-order valence-electron chi connectivity index (χ1n) is 19.5. The SMILES string of the molecule is CCOC(=O)O[C@H]1C(=O)[C@@]2(C)C(C(OC(=O)c3ccccc3)[C@]3(O)C[C@H](OC(=O)[C@H](O)[C@@H](NC(=O)OC(C)(C)C)c4cccs4)C(C)=C1C3(C)C)[C@]1(O)CO[C@@H]1C[C@@H]2O. The predicted molar refractivity (Wildman–Crippen MR) is 208 cm³/mol. The summed E-state index contributed by atoms with van der Waals surface area (Å²) in [6, 6.07) is 9.72. The van der Waals surface area contributed by atoms with Gasteiger partial charge in [0.25, 0.3) is 0 Å². The van der Waals surface area contributed by atoms with Crippen LogP contribution in [0.15, 0.2) is 59.0 Å². The van der Waals surface area contributed by atoms with Gasteiger partial charge in [-0.3, -0.25) is 4.79 Å². The molecule has 0 spiro atoms. The summed E-state index contributed by atoms with van der Waals surface area (Å²) in [5.41, 5.74) is -8.87. The molecule has 0 radical (unpaired) electrons. The fraction of sp³-hybridized carbons (Fsp3) is 0.595. The molecule has 1 aromatic heterocycles. The molecule has 59 heavy (non-hydrogen) atoms. The van der Waals surface area contributed by atoms with E-state index in [2.05, 4.69) is 5.32 Å². The number of ketones is 1. The van der Waals surface area contributed by atoms with Crippen molar-refractivity contribution in [3.8, 4) is 0 Å². The van der Waals surface area contributed by atoms with E-state index in [9.17, 15) is 39.6 Å².